The molecule has 1 aliphatic rings. The lowest BCUT2D eigenvalue weighted by Gasteiger charge is -2.32. The molecule has 0 radical (unpaired) electrons. The first-order chi connectivity index (χ1) is 11.3. The van der Waals surface area contributed by atoms with Crippen molar-refractivity contribution in [1.82, 2.24) is 14.8 Å². The third-order valence-electron chi connectivity index (χ3n) is 4.23. The average Bonchev–Trinajstić information content (AvgIpc) is 3.09. The lowest BCUT2D eigenvalue weighted by atomic mass is 9.92. The summed E-state index contributed by atoms with van der Waals surface area (Å²) in [6.07, 6.45) is 5.74. The number of nitriles is 1. The molecule has 0 unspecified atom stereocenters. The number of anilines is 1. The summed E-state index contributed by atoms with van der Waals surface area (Å²) in [5, 5.41) is 16.7. The van der Waals surface area contributed by atoms with Crippen molar-refractivity contribution >= 4 is 5.69 Å². The van der Waals surface area contributed by atoms with E-state index in [1.54, 1.807) is 12.3 Å². The molecule has 2 atom stereocenters. The van der Waals surface area contributed by atoms with Gasteiger partial charge in [0, 0.05) is 43.7 Å². The van der Waals surface area contributed by atoms with Crippen molar-refractivity contribution in [3.05, 3.63) is 42.0 Å². The maximum Gasteiger partial charge on any atom is 0.142 e. The normalized spacial score (nSPS) is 20.9. The van der Waals surface area contributed by atoms with Gasteiger partial charge in [-0.15, -0.1) is 0 Å². The lowest BCUT2D eigenvalue weighted by Crippen LogP contribution is -2.30. The summed E-state index contributed by atoms with van der Waals surface area (Å²) in [7, 11) is 0. The minimum Gasteiger partial charge on any atom is -0.385 e. The highest BCUT2D eigenvalue weighted by molar-refractivity contribution is 5.45. The first-order valence-corrected chi connectivity index (χ1v) is 8.05. The van der Waals surface area contributed by atoms with E-state index in [0.717, 1.165) is 43.9 Å². The van der Waals surface area contributed by atoms with Gasteiger partial charge >= 0.3 is 0 Å². The van der Waals surface area contributed by atoms with Gasteiger partial charge in [-0.05, 0) is 38.0 Å². The van der Waals surface area contributed by atoms with Crippen LogP contribution in [0.4, 0.5) is 5.69 Å². The number of aryl methyl sites for hydroxylation is 1. The predicted octanol–water partition coefficient (Wildman–Crippen LogP) is 2.75. The number of hydrogen-bond donors (Lipinski definition) is 1. The Morgan fingerprint density at radius 1 is 1.43 bits per heavy atom. The minimum atomic E-state index is 0.0657. The summed E-state index contributed by atoms with van der Waals surface area (Å²) < 4.78 is 8.05. The molecule has 6 heteroatoms. The second-order valence-corrected chi connectivity index (χ2v) is 5.69. The number of hydrogen-bond acceptors (Lipinski definition) is 5. The Bertz CT molecular complexity index is 690. The maximum atomic E-state index is 8.93. The van der Waals surface area contributed by atoms with Gasteiger partial charge in [0.15, 0.2) is 0 Å². The van der Waals surface area contributed by atoms with Crippen LogP contribution in [0, 0.1) is 17.2 Å². The van der Waals surface area contributed by atoms with Crippen LogP contribution in [0.1, 0.15) is 37.3 Å². The molecule has 0 amide bonds. The van der Waals surface area contributed by atoms with Gasteiger partial charge in [0.05, 0.1) is 5.69 Å². The van der Waals surface area contributed by atoms with Gasteiger partial charge in [-0.25, -0.2) is 4.98 Å². The van der Waals surface area contributed by atoms with E-state index in [1.165, 1.54) is 0 Å². The maximum absolute atomic E-state index is 8.93. The molecular formula is C17H21N5O. The fourth-order valence-corrected chi connectivity index (χ4v) is 3.08. The first-order valence-electron chi connectivity index (χ1n) is 8.05. The Labute approximate surface area is 136 Å². The van der Waals surface area contributed by atoms with Gasteiger partial charge in [-0.3, -0.25) is 4.68 Å². The largest absolute Gasteiger partial charge is 0.385 e. The smallest absolute Gasteiger partial charge is 0.142 e. The first kappa shape index (κ1) is 15.5. The summed E-state index contributed by atoms with van der Waals surface area (Å²) in [5.74, 6) is 0.379. The third kappa shape index (κ3) is 3.51. The molecule has 120 valence electrons. The Kier molecular flexibility index (Phi) is 4.89. The zero-order valence-electron chi connectivity index (χ0n) is 13.3. The number of pyridine rings is 1. The molecule has 1 saturated heterocycles. The van der Waals surface area contributed by atoms with Gasteiger partial charge in [-0.2, -0.15) is 10.4 Å². The topological polar surface area (TPSA) is 75.8 Å². The predicted molar refractivity (Wildman–Crippen MR) is 86.8 cm³/mol. The molecule has 0 spiro atoms. The molecule has 23 heavy (non-hydrogen) atoms. The number of rotatable bonds is 5. The Balaban J connectivity index is 1.71. The Hall–Kier alpha value is -2.39. The van der Waals surface area contributed by atoms with Gasteiger partial charge in [0.2, 0.25) is 0 Å². The van der Waals surface area contributed by atoms with Crippen LogP contribution in [-0.4, -0.2) is 27.9 Å². The average molecular weight is 311 g/mol. The molecule has 0 saturated carbocycles. The SMILES string of the molecule is CCn1nccc1[C@@H]1OCCC[C@H]1CNc1ccnc(C#N)c1. The number of aromatic nitrogens is 3. The van der Waals surface area contributed by atoms with Gasteiger partial charge in [0.25, 0.3) is 0 Å². The molecule has 0 bridgehead atoms. The summed E-state index contributed by atoms with van der Waals surface area (Å²) in [6.45, 7) is 4.53. The molecular weight excluding hydrogens is 290 g/mol. The van der Waals surface area contributed by atoms with Crippen molar-refractivity contribution in [2.45, 2.75) is 32.4 Å². The van der Waals surface area contributed by atoms with Crippen molar-refractivity contribution in [1.29, 1.82) is 5.26 Å². The van der Waals surface area contributed by atoms with Crippen molar-refractivity contribution in [3.63, 3.8) is 0 Å². The standard InChI is InChI=1S/C17H21N5O/c1-2-22-16(6-8-21-22)17-13(4-3-9-23-17)12-20-14-5-7-19-15(10-14)11-18/h5-8,10,13,17H,2-4,9,12H2,1H3,(H,19,20)/t13-,17+/m0/s1. The van der Waals surface area contributed by atoms with Gasteiger partial charge in [0.1, 0.15) is 17.9 Å². The second-order valence-electron chi connectivity index (χ2n) is 5.69. The molecule has 0 aliphatic carbocycles. The van der Waals surface area contributed by atoms with Crippen molar-refractivity contribution in [2.75, 3.05) is 18.5 Å². The van der Waals surface area contributed by atoms with E-state index >= 15 is 0 Å². The minimum absolute atomic E-state index is 0.0657. The van der Waals surface area contributed by atoms with Crippen LogP contribution in [0.25, 0.3) is 0 Å². The van der Waals surface area contributed by atoms with E-state index < -0.39 is 0 Å². The third-order valence-corrected chi connectivity index (χ3v) is 4.23. The summed E-state index contributed by atoms with van der Waals surface area (Å²) in [5.41, 5.74) is 2.49. The van der Waals surface area contributed by atoms with Gasteiger partial charge < -0.3 is 10.1 Å². The van der Waals surface area contributed by atoms with Crippen molar-refractivity contribution < 1.29 is 4.74 Å². The highest BCUT2D eigenvalue weighted by Crippen LogP contribution is 2.33. The van der Waals surface area contributed by atoms with E-state index in [9.17, 15) is 0 Å². The van der Waals surface area contributed by atoms with Crippen LogP contribution in [0.3, 0.4) is 0 Å². The Morgan fingerprint density at radius 3 is 3.17 bits per heavy atom. The molecule has 1 aliphatic heterocycles. The molecule has 2 aromatic heterocycles. The molecule has 3 rings (SSSR count). The highest BCUT2D eigenvalue weighted by atomic mass is 16.5. The van der Waals surface area contributed by atoms with Gasteiger partial charge in [-0.1, -0.05) is 0 Å². The summed E-state index contributed by atoms with van der Waals surface area (Å²) in [6, 6.07) is 7.77. The van der Waals surface area contributed by atoms with Crippen LogP contribution < -0.4 is 5.32 Å². The zero-order chi connectivity index (χ0) is 16.1. The molecule has 0 aromatic carbocycles. The number of nitrogens with zero attached hydrogens (tertiary/aromatic N) is 4. The molecule has 2 aromatic rings. The van der Waals surface area contributed by atoms with Crippen LogP contribution in [0.15, 0.2) is 30.6 Å². The fraction of sp³-hybridized carbons (Fsp3) is 0.471. The van der Waals surface area contributed by atoms with Crippen LogP contribution in [-0.2, 0) is 11.3 Å². The second kappa shape index (κ2) is 7.25. The fourth-order valence-electron chi connectivity index (χ4n) is 3.08. The molecule has 6 nitrogen and oxygen atoms in total. The Morgan fingerprint density at radius 2 is 2.35 bits per heavy atom. The van der Waals surface area contributed by atoms with E-state index in [-0.39, 0.29) is 6.10 Å². The number of nitrogens with one attached hydrogen (secondary N) is 1. The van der Waals surface area contributed by atoms with Crippen LogP contribution in [0.5, 0.6) is 0 Å². The van der Waals surface area contributed by atoms with Crippen LogP contribution >= 0.6 is 0 Å². The quantitative estimate of drug-likeness (QED) is 0.919. The molecule has 3 heterocycles. The monoisotopic (exact) mass is 311 g/mol. The van der Waals surface area contributed by atoms with Crippen molar-refractivity contribution in [2.24, 2.45) is 5.92 Å². The summed E-state index contributed by atoms with van der Waals surface area (Å²) >= 11 is 0. The molecule has 1 fully saturated rings. The highest BCUT2D eigenvalue weighted by Gasteiger charge is 2.29. The number of ether oxygens (including phenoxy) is 1. The zero-order valence-corrected chi connectivity index (χ0v) is 13.3. The van der Waals surface area contributed by atoms with Crippen LogP contribution in [0.2, 0.25) is 0 Å². The van der Waals surface area contributed by atoms with E-state index in [2.05, 4.69) is 28.4 Å². The van der Waals surface area contributed by atoms with Crippen molar-refractivity contribution in [3.8, 4) is 6.07 Å². The van der Waals surface area contributed by atoms with E-state index in [1.807, 2.05) is 23.0 Å². The van der Waals surface area contributed by atoms with E-state index in [0.29, 0.717) is 11.6 Å². The van der Waals surface area contributed by atoms with E-state index in [4.69, 9.17) is 10.00 Å². The lowest BCUT2D eigenvalue weighted by molar-refractivity contribution is -0.0288. The summed E-state index contributed by atoms with van der Waals surface area (Å²) in [4.78, 5) is 3.99. The molecule has 1 N–H and O–H groups in total.